The van der Waals surface area contributed by atoms with E-state index in [1.807, 2.05) is 30.3 Å². The highest BCUT2D eigenvalue weighted by molar-refractivity contribution is 6.03. The molecule has 3 N–H and O–H groups in total. The molecular weight excluding hydrogens is 411 g/mol. The quantitative estimate of drug-likeness (QED) is 0.434. The van der Waals surface area contributed by atoms with Gasteiger partial charge in [0.15, 0.2) is 0 Å². The third-order valence-corrected chi connectivity index (χ3v) is 4.80. The van der Waals surface area contributed by atoms with Crippen molar-refractivity contribution in [3.05, 3.63) is 123 Å². The summed E-state index contributed by atoms with van der Waals surface area (Å²) in [4.78, 5) is 39.9. The molecule has 0 atom stereocenters. The summed E-state index contributed by atoms with van der Waals surface area (Å²) in [7, 11) is 0. The van der Waals surface area contributed by atoms with E-state index in [4.69, 9.17) is 0 Å². The number of carbonyl (C=O) groups is 1. The Morgan fingerprint density at radius 2 is 1.47 bits per heavy atom. The zero-order valence-corrected chi connectivity index (χ0v) is 16.8. The molecular formula is C24H19FN4O3. The fraction of sp³-hybridized carbons (Fsp3) is 0.0417. The minimum absolute atomic E-state index is 0.166. The maximum absolute atomic E-state index is 13.9. The third kappa shape index (κ3) is 4.65. The fourth-order valence-corrected chi connectivity index (χ4v) is 3.14. The highest BCUT2D eigenvalue weighted by atomic mass is 19.1. The molecule has 0 unspecified atom stereocenters. The van der Waals surface area contributed by atoms with E-state index < -0.39 is 23.0 Å². The van der Waals surface area contributed by atoms with Gasteiger partial charge in [-0.05, 0) is 42.5 Å². The Balaban J connectivity index is 1.52. The van der Waals surface area contributed by atoms with E-state index in [0.717, 1.165) is 22.1 Å². The lowest BCUT2D eigenvalue weighted by Crippen LogP contribution is -2.39. The van der Waals surface area contributed by atoms with Gasteiger partial charge >= 0.3 is 5.69 Å². The van der Waals surface area contributed by atoms with E-state index in [1.54, 1.807) is 30.3 Å². The summed E-state index contributed by atoms with van der Waals surface area (Å²) in [6, 6.07) is 22.4. The number of halogens is 1. The minimum Gasteiger partial charge on any atom is -0.356 e. The van der Waals surface area contributed by atoms with Gasteiger partial charge in [0.05, 0.1) is 6.54 Å². The number of H-pyrrole nitrogens is 1. The molecule has 1 heterocycles. The number of anilines is 3. The number of rotatable bonds is 6. The first-order valence-corrected chi connectivity index (χ1v) is 9.81. The maximum Gasteiger partial charge on any atom is 0.328 e. The molecule has 0 saturated heterocycles. The van der Waals surface area contributed by atoms with Crippen LogP contribution >= 0.6 is 0 Å². The molecule has 0 radical (unpaired) electrons. The van der Waals surface area contributed by atoms with Crippen LogP contribution in [-0.2, 0) is 6.54 Å². The van der Waals surface area contributed by atoms with E-state index in [1.165, 1.54) is 18.2 Å². The lowest BCUT2D eigenvalue weighted by molar-refractivity contribution is 0.102. The van der Waals surface area contributed by atoms with E-state index in [2.05, 4.69) is 15.6 Å². The third-order valence-electron chi connectivity index (χ3n) is 4.80. The van der Waals surface area contributed by atoms with Gasteiger partial charge in [-0.2, -0.15) is 0 Å². The van der Waals surface area contributed by atoms with Gasteiger partial charge in [-0.15, -0.1) is 0 Å². The molecule has 0 aliphatic carbocycles. The van der Waals surface area contributed by atoms with Crippen molar-refractivity contribution in [3.8, 4) is 0 Å². The normalized spacial score (nSPS) is 10.5. The standard InChI is InChI=1S/C24H19FN4O3/c25-21-9-5-4-6-16(21)15-29-23(31)20(14-26-24(29)32)22(30)28-19-12-10-18(11-13-19)27-17-7-2-1-3-8-17/h1-14,27H,15H2,(H,26,32)(H,28,30). The van der Waals surface area contributed by atoms with Crippen LogP contribution in [0.4, 0.5) is 21.5 Å². The lowest BCUT2D eigenvalue weighted by Gasteiger charge is -2.10. The van der Waals surface area contributed by atoms with Crippen LogP contribution in [0, 0.1) is 5.82 Å². The predicted molar refractivity (Wildman–Crippen MR) is 121 cm³/mol. The van der Waals surface area contributed by atoms with Crippen LogP contribution < -0.4 is 21.9 Å². The van der Waals surface area contributed by atoms with Crippen molar-refractivity contribution in [2.75, 3.05) is 10.6 Å². The number of aromatic nitrogens is 2. The number of hydrogen-bond donors (Lipinski definition) is 3. The minimum atomic E-state index is -0.808. The molecule has 8 heteroatoms. The van der Waals surface area contributed by atoms with Crippen LogP contribution in [0.5, 0.6) is 0 Å². The summed E-state index contributed by atoms with van der Waals surface area (Å²) in [6.07, 6.45) is 1.06. The van der Waals surface area contributed by atoms with Gasteiger partial charge < -0.3 is 15.6 Å². The van der Waals surface area contributed by atoms with Gasteiger partial charge in [-0.3, -0.25) is 14.2 Å². The van der Waals surface area contributed by atoms with Gasteiger partial charge in [-0.25, -0.2) is 9.18 Å². The highest BCUT2D eigenvalue weighted by Crippen LogP contribution is 2.19. The van der Waals surface area contributed by atoms with Gasteiger partial charge in [0.25, 0.3) is 11.5 Å². The molecule has 3 aromatic carbocycles. The molecule has 0 fully saturated rings. The first kappa shape index (κ1) is 20.8. The number of hydrogen-bond acceptors (Lipinski definition) is 4. The summed E-state index contributed by atoms with van der Waals surface area (Å²) in [5, 5.41) is 5.87. The van der Waals surface area contributed by atoms with E-state index in [-0.39, 0.29) is 17.7 Å². The van der Waals surface area contributed by atoms with E-state index >= 15 is 0 Å². The van der Waals surface area contributed by atoms with Crippen molar-refractivity contribution < 1.29 is 9.18 Å². The smallest absolute Gasteiger partial charge is 0.328 e. The van der Waals surface area contributed by atoms with Gasteiger partial charge in [0.2, 0.25) is 0 Å². The van der Waals surface area contributed by atoms with Crippen molar-refractivity contribution in [3.63, 3.8) is 0 Å². The summed E-state index contributed by atoms with van der Waals surface area (Å²) < 4.78 is 14.7. The molecule has 0 aliphatic heterocycles. The summed E-state index contributed by atoms with van der Waals surface area (Å²) in [5.41, 5.74) is 0.591. The van der Waals surface area contributed by atoms with Crippen LogP contribution in [0.25, 0.3) is 0 Å². The zero-order valence-electron chi connectivity index (χ0n) is 16.8. The molecule has 1 aromatic heterocycles. The van der Waals surface area contributed by atoms with Crippen molar-refractivity contribution >= 4 is 23.0 Å². The molecule has 1 amide bonds. The monoisotopic (exact) mass is 430 g/mol. The van der Waals surface area contributed by atoms with Crippen molar-refractivity contribution in [2.24, 2.45) is 0 Å². The van der Waals surface area contributed by atoms with Crippen molar-refractivity contribution in [2.45, 2.75) is 6.54 Å². The highest BCUT2D eigenvalue weighted by Gasteiger charge is 2.16. The SMILES string of the molecule is O=C(Nc1ccc(Nc2ccccc2)cc1)c1c[nH]c(=O)n(Cc2ccccc2F)c1=O. The van der Waals surface area contributed by atoms with Crippen LogP contribution in [0.2, 0.25) is 0 Å². The fourth-order valence-electron chi connectivity index (χ4n) is 3.14. The average molecular weight is 430 g/mol. The second kappa shape index (κ2) is 9.13. The van der Waals surface area contributed by atoms with Crippen molar-refractivity contribution in [1.29, 1.82) is 0 Å². The Bertz CT molecular complexity index is 1360. The number of benzene rings is 3. The Labute approximate surface area is 182 Å². The molecule has 0 spiro atoms. The molecule has 4 aromatic rings. The van der Waals surface area contributed by atoms with Crippen LogP contribution in [0.1, 0.15) is 15.9 Å². The molecule has 7 nitrogen and oxygen atoms in total. The summed E-state index contributed by atoms with van der Waals surface area (Å²) in [6.45, 7) is -0.290. The Morgan fingerprint density at radius 1 is 0.844 bits per heavy atom. The van der Waals surface area contributed by atoms with Gasteiger partial charge in [0, 0.05) is 28.8 Å². The summed E-state index contributed by atoms with van der Waals surface area (Å²) in [5.74, 6) is -1.23. The Kier molecular flexibility index (Phi) is 5.94. The molecule has 4 rings (SSSR count). The van der Waals surface area contributed by atoms with E-state index in [9.17, 15) is 18.8 Å². The lowest BCUT2D eigenvalue weighted by atomic mass is 10.2. The van der Waals surface area contributed by atoms with Crippen molar-refractivity contribution in [1.82, 2.24) is 9.55 Å². The topological polar surface area (TPSA) is 96.0 Å². The predicted octanol–water partition coefficient (Wildman–Crippen LogP) is 3.72. The van der Waals surface area contributed by atoms with Crippen LogP contribution in [0.15, 0.2) is 94.6 Å². The van der Waals surface area contributed by atoms with Gasteiger partial charge in [0.1, 0.15) is 11.4 Å². The summed E-state index contributed by atoms with van der Waals surface area (Å²) >= 11 is 0. The molecule has 0 saturated carbocycles. The number of amides is 1. The average Bonchev–Trinajstić information content (AvgIpc) is 2.80. The molecule has 160 valence electrons. The largest absolute Gasteiger partial charge is 0.356 e. The number of nitrogens with zero attached hydrogens (tertiary/aromatic N) is 1. The first-order chi connectivity index (χ1) is 15.5. The van der Waals surface area contributed by atoms with Crippen LogP contribution in [0.3, 0.4) is 0 Å². The van der Waals surface area contributed by atoms with Gasteiger partial charge in [-0.1, -0.05) is 36.4 Å². The number of nitrogens with one attached hydrogen (secondary N) is 3. The van der Waals surface area contributed by atoms with E-state index in [0.29, 0.717) is 5.69 Å². The number of para-hydroxylation sites is 1. The molecule has 32 heavy (non-hydrogen) atoms. The Morgan fingerprint density at radius 3 is 2.19 bits per heavy atom. The number of carbonyl (C=O) groups excluding carboxylic acids is 1. The second-order valence-corrected chi connectivity index (χ2v) is 7.01. The zero-order chi connectivity index (χ0) is 22.5. The first-order valence-electron chi connectivity index (χ1n) is 9.81. The Hall–Kier alpha value is -4.46. The van der Waals surface area contributed by atoms with Crippen LogP contribution in [-0.4, -0.2) is 15.5 Å². The maximum atomic E-state index is 13.9. The number of aromatic amines is 1. The second-order valence-electron chi connectivity index (χ2n) is 7.01. The molecule has 0 aliphatic rings. The molecule has 0 bridgehead atoms.